The zero-order valence-corrected chi connectivity index (χ0v) is 19.7. The molecule has 4 rings (SSSR count). The van der Waals surface area contributed by atoms with Crippen molar-refractivity contribution < 1.29 is 29.0 Å². The van der Waals surface area contributed by atoms with E-state index >= 15 is 0 Å². The maximum atomic E-state index is 13.1. The number of phenolic OH excluding ortho intramolecular Hbond substituents is 1. The van der Waals surface area contributed by atoms with E-state index in [9.17, 15) is 24.3 Å². The summed E-state index contributed by atoms with van der Waals surface area (Å²) in [5.41, 5.74) is 0.953. The lowest BCUT2D eigenvalue weighted by Gasteiger charge is -2.16. The average molecular weight is 506 g/mol. The Bertz CT molecular complexity index is 1420. The van der Waals surface area contributed by atoms with Gasteiger partial charge < -0.3 is 20.5 Å². The second kappa shape index (κ2) is 10.3. The number of imide groups is 1. The van der Waals surface area contributed by atoms with E-state index < -0.39 is 23.7 Å². The molecule has 36 heavy (non-hydrogen) atoms. The summed E-state index contributed by atoms with van der Waals surface area (Å²) in [4.78, 5) is 51.5. The Balaban J connectivity index is 1.54. The van der Waals surface area contributed by atoms with Crippen LogP contribution in [0.1, 0.15) is 27.6 Å². The van der Waals surface area contributed by atoms with Crippen molar-refractivity contribution in [3.63, 3.8) is 0 Å². The lowest BCUT2D eigenvalue weighted by atomic mass is 10.1. The largest absolute Gasteiger partial charge is 0.506 e. The van der Waals surface area contributed by atoms with E-state index in [-0.39, 0.29) is 45.6 Å². The van der Waals surface area contributed by atoms with Crippen molar-refractivity contribution in [2.45, 2.75) is 6.92 Å². The number of esters is 1. The van der Waals surface area contributed by atoms with Gasteiger partial charge in [0, 0.05) is 11.3 Å². The van der Waals surface area contributed by atoms with Gasteiger partial charge in [0.25, 0.3) is 17.7 Å². The Morgan fingerprint density at radius 2 is 1.67 bits per heavy atom. The molecule has 3 aromatic carbocycles. The Morgan fingerprint density at radius 3 is 2.42 bits per heavy atom. The van der Waals surface area contributed by atoms with Crippen molar-refractivity contribution in [3.8, 4) is 5.75 Å². The first kappa shape index (κ1) is 24.5. The van der Waals surface area contributed by atoms with E-state index in [1.807, 2.05) is 0 Å². The molecule has 0 aromatic heterocycles. The van der Waals surface area contributed by atoms with Gasteiger partial charge in [0.05, 0.1) is 23.5 Å². The summed E-state index contributed by atoms with van der Waals surface area (Å²) in [6.07, 6.45) is 0. The molecule has 3 amide bonds. The van der Waals surface area contributed by atoms with Gasteiger partial charge >= 0.3 is 5.97 Å². The number of amides is 3. The molecule has 0 saturated heterocycles. The number of rotatable bonds is 7. The number of nitrogens with one attached hydrogen (secondary N) is 2. The van der Waals surface area contributed by atoms with E-state index in [0.29, 0.717) is 5.69 Å². The molecule has 0 bridgehead atoms. The number of para-hydroxylation sites is 2. The van der Waals surface area contributed by atoms with Crippen LogP contribution in [0.4, 0.5) is 17.1 Å². The Morgan fingerprint density at radius 1 is 0.944 bits per heavy atom. The second-order valence-corrected chi connectivity index (χ2v) is 7.96. The van der Waals surface area contributed by atoms with Crippen molar-refractivity contribution in [2.24, 2.45) is 0 Å². The molecule has 3 aromatic rings. The first-order valence-electron chi connectivity index (χ1n) is 10.8. The normalized spacial score (nSPS) is 13.1. The van der Waals surface area contributed by atoms with Crippen molar-refractivity contribution >= 4 is 52.4 Å². The highest BCUT2D eigenvalue weighted by Crippen LogP contribution is 2.31. The van der Waals surface area contributed by atoms with E-state index in [1.165, 1.54) is 36.4 Å². The van der Waals surface area contributed by atoms with Crippen LogP contribution in [0.2, 0.25) is 0 Å². The maximum absolute atomic E-state index is 13.1. The highest BCUT2D eigenvalue weighted by atomic mass is 35.5. The molecule has 10 heteroatoms. The number of ether oxygens (including phenoxy) is 1. The number of anilines is 3. The highest BCUT2D eigenvalue weighted by molar-refractivity contribution is 6.53. The summed E-state index contributed by atoms with van der Waals surface area (Å²) in [6, 6.07) is 18.4. The molecule has 1 heterocycles. The third-order valence-electron chi connectivity index (χ3n) is 5.19. The van der Waals surface area contributed by atoms with Crippen molar-refractivity contribution in [1.82, 2.24) is 0 Å². The molecule has 1 aliphatic rings. The standard InChI is InChI=1S/C26H20ClN3O6/c1-2-36-26(35)16-8-6-10-18(14-16)30-24(33)21(27)22(25(30)34)28-17-9-5-7-15(13-17)23(32)29-19-11-3-4-12-20(19)31/h3-14,28,31H,2H2,1H3,(H,29,32). The SMILES string of the molecule is CCOC(=O)c1cccc(N2C(=O)C(Cl)=C(Nc3cccc(C(=O)Nc4ccccc4O)c3)C2=O)c1. The van der Waals surface area contributed by atoms with Gasteiger partial charge in [-0.15, -0.1) is 0 Å². The summed E-state index contributed by atoms with van der Waals surface area (Å²) in [5, 5.41) is 15.0. The number of phenols is 1. The van der Waals surface area contributed by atoms with Crippen LogP contribution in [-0.4, -0.2) is 35.4 Å². The lowest BCUT2D eigenvalue weighted by molar-refractivity contribution is -0.120. The van der Waals surface area contributed by atoms with Crippen LogP contribution >= 0.6 is 11.6 Å². The molecule has 0 radical (unpaired) electrons. The minimum absolute atomic E-state index is 0.0840. The number of carbonyl (C=O) groups excluding carboxylic acids is 4. The molecule has 182 valence electrons. The Labute approximate surface area is 210 Å². The number of carbonyl (C=O) groups is 4. The van der Waals surface area contributed by atoms with E-state index in [1.54, 1.807) is 43.3 Å². The summed E-state index contributed by atoms with van der Waals surface area (Å²) >= 11 is 6.20. The molecule has 0 saturated carbocycles. The topological polar surface area (TPSA) is 125 Å². The third kappa shape index (κ3) is 4.91. The fourth-order valence-corrected chi connectivity index (χ4v) is 3.70. The zero-order valence-electron chi connectivity index (χ0n) is 18.9. The first-order chi connectivity index (χ1) is 17.3. The van der Waals surface area contributed by atoms with Crippen molar-refractivity contribution in [1.29, 1.82) is 0 Å². The van der Waals surface area contributed by atoms with Gasteiger partial charge in [-0.05, 0) is 55.5 Å². The number of nitrogens with zero attached hydrogens (tertiary/aromatic N) is 1. The molecule has 0 atom stereocenters. The molecule has 0 spiro atoms. The first-order valence-corrected chi connectivity index (χ1v) is 11.2. The Kier molecular flexibility index (Phi) is 7.03. The van der Waals surface area contributed by atoms with Crippen molar-refractivity contribution in [3.05, 3.63) is 94.7 Å². The minimum Gasteiger partial charge on any atom is -0.506 e. The number of aromatic hydroxyl groups is 1. The van der Waals surface area contributed by atoms with Crippen molar-refractivity contribution in [2.75, 3.05) is 22.1 Å². The highest BCUT2D eigenvalue weighted by Gasteiger charge is 2.39. The van der Waals surface area contributed by atoms with Crippen LogP contribution in [0, 0.1) is 0 Å². The molecule has 0 unspecified atom stereocenters. The number of halogens is 1. The number of hydrogen-bond acceptors (Lipinski definition) is 7. The predicted octanol–water partition coefficient (Wildman–Crippen LogP) is 4.26. The summed E-state index contributed by atoms with van der Waals surface area (Å²) < 4.78 is 4.97. The monoisotopic (exact) mass is 505 g/mol. The Hall–Kier alpha value is -4.63. The van der Waals surface area contributed by atoms with Crippen LogP contribution in [0.3, 0.4) is 0 Å². The number of benzene rings is 3. The third-order valence-corrected chi connectivity index (χ3v) is 5.54. The molecule has 1 aliphatic heterocycles. The van der Waals surface area contributed by atoms with Crippen LogP contribution in [0.5, 0.6) is 5.75 Å². The fraction of sp³-hybridized carbons (Fsp3) is 0.0769. The predicted molar refractivity (Wildman–Crippen MR) is 134 cm³/mol. The summed E-state index contributed by atoms with van der Waals surface area (Å²) in [7, 11) is 0. The quantitative estimate of drug-likeness (QED) is 0.249. The van der Waals surface area contributed by atoms with Gasteiger partial charge in [-0.1, -0.05) is 35.9 Å². The number of hydrogen-bond donors (Lipinski definition) is 3. The molecule has 9 nitrogen and oxygen atoms in total. The van der Waals surface area contributed by atoms with E-state index in [0.717, 1.165) is 4.90 Å². The fourth-order valence-electron chi connectivity index (χ4n) is 3.49. The van der Waals surface area contributed by atoms with Crippen LogP contribution in [-0.2, 0) is 14.3 Å². The molecular weight excluding hydrogens is 486 g/mol. The van der Waals surface area contributed by atoms with Gasteiger partial charge in [0.2, 0.25) is 0 Å². The average Bonchev–Trinajstić information content (AvgIpc) is 3.08. The van der Waals surface area contributed by atoms with Crippen LogP contribution in [0.15, 0.2) is 83.5 Å². The minimum atomic E-state index is -0.765. The van der Waals surface area contributed by atoms with Gasteiger partial charge in [-0.25, -0.2) is 9.69 Å². The second-order valence-electron chi connectivity index (χ2n) is 7.58. The van der Waals surface area contributed by atoms with Gasteiger partial charge in [0.1, 0.15) is 16.5 Å². The maximum Gasteiger partial charge on any atom is 0.338 e. The van der Waals surface area contributed by atoms with Crippen LogP contribution < -0.4 is 15.5 Å². The smallest absolute Gasteiger partial charge is 0.338 e. The lowest BCUT2D eigenvalue weighted by Crippen LogP contribution is -2.32. The summed E-state index contributed by atoms with van der Waals surface area (Å²) in [6.45, 7) is 1.84. The molecule has 0 aliphatic carbocycles. The molecule has 0 fully saturated rings. The van der Waals surface area contributed by atoms with E-state index in [4.69, 9.17) is 16.3 Å². The molecule has 3 N–H and O–H groups in total. The van der Waals surface area contributed by atoms with Gasteiger partial charge in [0.15, 0.2) is 0 Å². The summed E-state index contributed by atoms with van der Waals surface area (Å²) in [5.74, 6) is -2.66. The van der Waals surface area contributed by atoms with Crippen LogP contribution in [0.25, 0.3) is 0 Å². The van der Waals surface area contributed by atoms with Gasteiger partial charge in [-0.2, -0.15) is 0 Å². The van der Waals surface area contributed by atoms with E-state index in [2.05, 4.69) is 10.6 Å². The zero-order chi connectivity index (χ0) is 25.8. The van der Waals surface area contributed by atoms with Gasteiger partial charge in [-0.3, -0.25) is 14.4 Å². The molecular formula is C26H20ClN3O6.